The van der Waals surface area contributed by atoms with Crippen LogP contribution in [0.5, 0.6) is 0 Å². The molecule has 1 heterocycles. The van der Waals surface area contributed by atoms with Crippen molar-refractivity contribution in [1.82, 2.24) is 4.98 Å². The van der Waals surface area contributed by atoms with Crippen LogP contribution in [0.2, 0.25) is 0 Å². The largest absolute Gasteiger partial charge is 0.360 e. The highest BCUT2D eigenvalue weighted by atomic mass is 32.2. The minimum atomic E-state index is 0.547. The number of hydrogen-bond donors (Lipinski definition) is 1. The van der Waals surface area contributed by atoms with Crippen molar-refractivity contribution in [3.8, 4) is 0 Å². The van der Waals surface area contributed by atoms with E-state index in [2.05, 4.69) is 74.4 Å². The first-order valence-electron chi connectivity index (χ1n) is 7.00. The predicted molar refractivity (Wildman–Crippen MR) is 87.7 cm³/mol. The van der Waals surface area contributed by atoms with Gasteiger partial charge in [-0.1, -0.05) is 62.0 Å². The molecule has 0 saturated heterocycles. The second-order valence-corrected chi connectivity index (χ2v) is 6.53. The van der Waals surface area contributed by atoms with Crippen molar-refractivity contribution in [2.24, 2.45) is 0 Å². The topological polar surface area (TPSA) is 15.8 Å². The lowest BCUT2D eigenvalue weighted by atomic mass is 10.0. The van der Waals surface area contributed by atoms with Crippen molar-refractivity contribution in [2.45, 2.75) is 36.5 Å². The summed E-state index contributed by atoms with van der Waals surface area (Å²) in [6.07, 6.45) is 2.12. The quantitative estimate of drug-likeness (QED) is 0.646. The van der Waals surface area contributed by atoms with Crippen LogP contribution in [0.25, 0.3) is 10.9 Å². The average molecular weight is 281 g/mol. The maximum atomic E-state index is 3.40. The molecule has 0 aliphatic carbocycles. The van der Waals surface area contributed by atoms with Gasteiger partial charge in [-0.25, -0.2) is 0 Å². The van der Waals surface area contributed by atoms with Gasteiger partial charge >= 0.3 is 0 Å². The van der Waals surface area contributed by atoms with Crippen molar-refractivity contribution >= 4 is 22.7 Å². The predicted octanol–water partition coefficient (Wildman–Crippen LogP) is 5.75. The summed E-state index contributed by atoms with van der Waals surface area (Å²) in [5.41, 5.74) is 3.96. The molecule has 20 heavy (non-hydrogen) atoms. The van der Waals surface area contributed by atoms with Crippen molar-refractivity contribution in [3.63, 3.8) is 0 Å². The maximum absolute atomic E-state index is 3.40. The fraction of sp³-hybridized carbons (Fsp3) is 0.222. The first kappa shape index (κ1) is 13.3. The van der Waals surface area contributed by atoms with Gasteiger partial charge in [0, 0.05) is 26.9 Å². The Balaban J connectivity index is 2.04. The SMILES string of the molecule is Cc1cccc2c(Sc3ccccc3C(C)C)c[nH]c12. The molecule has 102 valence electrons. The van der Waals surface area contributed by atoms with Crippen LogP contribution in [-0.2, 0) is 0 Å². The third-order valence-corrected chi connectivity index (χ3v) is 4.80. The minimum Gasteiger partial charge on any atom is -0.360 e. The number of nitrogens with one attached hydrogen (secondary N) is 1. The smallest absolute Gasteiger partial charge is 0.0495 e. The molecule has 1 nitrogen and oxygen atoms in total. The van der Waals surface area contributed by atoms with E-state index >= 15 is 0 Å². The normalized spacial score (nSPS) is 11.4. The molecule has 3 rings (SSSR count). The van der Waals surface area contributed by atoms with E-state index in [9.17, 15) is 0 Å². The molecule has 0 aliphatic heterocycles. The fourth-order valence-corrected chi connectivity index (χ4v) is 3.74. The molecule has 2 aromatic carbocycles. The molecule has 0 aliphatic rings. The van der Waals surface area contributed by atoms with Gasteiger partial charge in [0.1, 0.15) is 0 Å². The Morgan fingerprint density at radius 2 is 1.75 bits per heavy atom. The van der Waals surface area contributed by atoms with Gasteiger partial charge in [-0.05, 0) is 30.0 Å². The van der Waals surface area contributed by atoms with E-state index in [1.54, 1.807) is 0 Å². The van der Waals surface area contributed by atoms with Gasteiger partial charge in [0.25, 0.3) is 0 Å². The minimum absolute atomic E-state index is 0.547. The van der Waals surface area contributed by atoms with E-state index in [0.29, 0.717) is 5.92 Å². The molecule has 0 amide bonds. The Morgan fingerprint density at radius 3 is 2.55 bits per heavy atom. The van der Waals surface area contributed by atoms with Crippen LogP contribution in [-0.4, -0.2) is 4.98 Å². The van der Waals surface area contributed by atoms with Gasteiger partial charge < -0.3 is 4.98 Å². The number of fused-ring (bicyclic) bond motifs is 1. The van der Waals surface area contributed by atoms with Crippen LogP contribution in [0.3, 0.4) is 0 Å². The van der Waals surface area contributed by atoms with Gasteiger partial charge in [0.05, 0.1) is 0 Å². The van der Waals surface area contributed by atoms with Gasteiger partial charge in [0.15, 0.2) is 0 Å². The zero-order chi connectivity index (χ0) is 14.1. The third-order valence-electron chi connectivity index (χ3n) is 3.65. The van der Waals surface area contributed by atoms with Crippen LogP contribution in [0.1, 0.15) is 30.9 Å². The summed E-state index contributed by atoms with van der Waals surface area (Å²) in [5, 5.41) is 1.31. The number of para-hydroxylation sites is 1. The molecule has 0 saturated carbocycles. The van der Waals surface area contributed by atoms with Gasteiger partial charge in [-0.2, -0.15) is 0 Å². The van der Waals surface area contributed by atoms with Crippen LogP contribution >= 0.6 is 11.8 Å². The number of rotatable bonds is 3. The zero-order valence-electron chi connectivity index (χ0n) is 12.1. The lowest BCUT2D eigenvalue weighted by Crippen LogP contribution is -1.89. The Labute approximate surface area is 124 Å². The second-order valence-electron chi connectivity index (χ2n) is 5.44. The molecule has 1 N–H and O–H groups in total. The highest BCUT2D eigenvalue weighted by Crippen LogP contribution is 2.37. The number of benzene rings is 2. The summed E-state index contributed by atoms with van der Waals surface area (Å²) in [4.78, 5) is 6.06. The standard InChI is InChI=1S/C18H19NS/c1-12(2)14-8-4-5-10-16(14)20-17-11-19-18-13(3)7-6-9-15(17)18/h4-12,19H,1-3H3. The zero-order valence-corrected chi connectivity index (χ0v) is 12.9. The highest BCUT2D eigenvalue weighted by molar-refractivity contribution is 7.99. The fourth-order valence-electron chi connectivity index (χ4n) is 2.53. The molecular weight excluding hydrogens is 262 g/mol. The van der Waals surface area contributed by atoms with E-state index in [0.717, 1.165) is 0 Å². The van der Waals surface area contributed by atoms with E-state index in [-0.39, 0.29) is 0 Å². The number of H-pyrrole nitrogens is 1. The molecule has 0 radical (unpaired) electrons. The van der Waals surface area contributed by atoms with Crippen LogP contribution < -0.4 is 0 Å². The van der Waals surface area contributed by atoms with E-state index in [4.69, 9.17) is 0 Å². The van der Waals surface area contributed by atoms with Gasteiger partial charge in [-0.15, -0.1) is 0 Å². The molecular formula is C18H19NS. The summed E-state index contributed by atoms with van der Waals surface area (Å²) in [6, 6.07) is 15.2. The molecule has 0 fully saturated rings. The summed E-state index contributed by atoms with van der Waals surface area (Å²) in [5.74, 6) is 0.547. The Bertz CT molecular complexity index is 740. The van der Waals surface area contributed by atoms with Gasteiger partial charge in [0.2, 0.25) is 0 Å². The highest BCUT2D eigenvalue weighted by Gasteiger charge is 2.11. The summed E-state index contributed by atoms with van der Waals surface area (Å²) in [6.45, 7) is 6.65. The number of aromatic nitrogens is 1. The Hall–Kier alpha value is -1.67. The summed E-state index contributed by atoms with van der Waals surface area (Å²) >= 11 is 1.86. The number of aromatic amines is 1. The molecule has 3 aromatic rings. The third kappa shape index (κ3) is 2.36. The lowest BCUT2D eigenvalue weighted by molar-refractivity contribution is 0.842. The summed E-state index contributed by atoms with van der Waals surface area (Å²) in [7, 11) is 0. The average Bonchev–Trinajstić information content (AvgIpc) is 2.84. The van der Waals surface area contributed by atoms with Crippen LogP contribution in [0.4, 0.5) is 0 Å². The Morgan fingerprint density at radius 1 is 0.950 bits per heavy atom. The number of aryl methyl sites for hydroxylation is 1. The summed E-state index contributed by atoms with van der Waals surface area (Å²) < 4.78 is 0. The van der Waals surface area contributed by atoms with Crippen molar-refractivity contribution in [1.29, 1.82) is 0 Å². The first-order chi connectivity index (χ1) is 9.66. The molecule has 0 spiro atoms. The molecule has 0 unspecified atom stereocenters. The van der Waals surface area contributed by atoms with E-state index < -0.39 is 0 Å². The first-order valence-corrected chi connectivity index (χ1v) is 7.82. The lowest BCUT2D eigenvalue weighted by Gasteiger charge is -2.11. The monoisotopic (exact) mass is 281 g/mol. The van der Waals surface area contributed by atoms with E-state index in [1.807, 2.05) is 11.8 Å². The van der Waals surface area contributed by atoms with Gasteiger partial charge in [-0.3, -0.25) is 0 Å². The van der Waals surface area contributed by atoms with Crippen LogP contribution in [0.15, 0.2) is 58.5 Å². The second kappa shape index (κ2) is 5.37. The molecule has 2 heteroatoms. The molecule has 1 aromatic heterocycles. The van der Waals surface area contributed by atoms with Crippen molar-refractivity contribution in [3.05, 3.63) is 59.8 Å². The molecule has 0 bridgehead atoms. The Kier molecular flexibility index (Phi) is 3.58. The van der Waals surface area contributed by atoms with Crippen molar-refractivity contribution in [2.75, 3.05) is 0 Å². The van der Waals surface area contributed by atoms with Crippen molar-refractivity contribution < 1.29 is 0 Å². The van der Waals surface area contributed by atoms with E-state index in [1.165, 1.54) is 31.8 Å². The van der Waals surface area contributed by atoms with Crippen LogP contribution in [0, 0.1) is 6.92 Å². The maximum Gasteiger partial charge on any atom is 0.0495 e. The number of hydrogen-bond acceptors (Lipinski definition) is 1. The molecule has 0 atom stereocenters.